The molecule has 1 aromatic carbocycles. The van der Waals surface area contributed by atoms with Gasteiger partial charge in [0.25, 0.3) is 5.91 Å². The number of ether oxygens (including phenoxy) is 3. The lowest BCUT2D eigenvalue weighted by Gasteiger charge is -2.35. The highest BCUT2D eigenvalue weighted by Gasteiger charge is 2.40. The van der Waals surface area contributed by atoms with E-state index in [2.05, 4.69) is 5.32 Å². The van der Waals surface area contributed by atoms with Crippen LogP contribution in [0.4, 0.5) is 5.69 Å². The summed E-state index contributed by atoms with van der Waals surface area (Å²) in [6.07, 6.45) is 5.29. The first kappa shape index (κ1) is 22.2. The number of nitrogens with one attached hydrogen (secondary N) is 1. The van der Waals surface area contributed by atoms with E-state index in [9.17, 15) is 9.59 Å². The van der Waals surface area contributed by atoms with Crippen molar-refractivity contribution < 1.29 is 23.8 Å². The van der Waals surface area contributed by atoms with Crippen molar-refractivity contribution in [3.8, 4) is 5.75 Å². The van der Waals surface area contributed by atoms with Gasteiger partial charge in [0.15, 0.2) is 0 Å². The molecule has 6 heteroatoms. The number of esters is 1. The zero-order valence-electron chi connectivity index (χ0n) is 17.5. The summed E-state index contributed by atoms with van der Waals surface area (Å²) in [7, 11) is 0. The van der Waals surface area contributed by atoms with E-state index in [0.29, 0.717) is 36.4 Å². The number of carbonyl (C=O) groups excluding carboxylic acids is 2. The molecule has 1 aliphatic carbocycles. The predicted octanol–water partition coefficient (Wildman–Crippen LogP) is 4.72. The van der Waals surface area contributed by atoms with Gasteiger partial charge in [-0.15, -0.1) is 0 Å². The Morgan fingerprint density at radius 1 is 1.11 bits per heavy atom. The van der Waals surface area contributed by atoms with Crippen LogP contribution in [0.3, 0.4) is 0 Å². The van der Waals surface area contributed by atoms with E-state index in [4.69, 9.17) is 14.2 Å². The highest BCUT2D eigenvalue weighted by atomic mass is 16.5. The van der Waals surface area contributed by atoms with Gasteiger partial charge in [-0.2, -0.15) is 0 Å². The number of benzene rings is 1. The second-order valence-electron chi connectivity index (χ2n) is 7.21. The van der Waals surface area contributed by atoms with Gasteiger partial charge in [0.1, 0.15) is 16.9 Å². The molecule has 1 N–H and O–H groups in total. The van der Waals surface area contributed by atoms with Crippen molar-refractivity contribution in [3.63, 3.8) is 0 Å². The third-order valence-corrected chi connectivity index (χ3v) is 5.13. The van der Waals surface area contributed by atoms with Gasteiger partial charge in [-0.25, -0.2) is 4.79 Å². The molecule has 1 aliphatic rings. The van der Waals surface area contributed by atoms with Crippen molar-refractivity contribution in [1.29, 1.82) is 0 Å². The highest BCUT2D eigenvalue weighted by Crippen LogP contribution is 2.33. The number of hydrogen-bond donors (Lipinski definition) is 1. The molecule has 156 valence electrons. The molecule has 1 saturated carbocycles. The summed E-state index contributed by atoms with van der Waals surface area (Å²) in [5.41, 5.74) is 0.0615. The van der Waals surface area contributed by atoms with E-state index in [1.165, 1.54) is 0 Å². The molecule has 6 nitrogen and oxygen atoms in total. The van der Waals surface area contributed by atoms with Crippen LogP contribution in [-0.4, -0.2) is 36.8 Å². The molecule has 1 atom stereocenters. The van der Waals surface area contributed by atoms with Crippen molar-refractivity contribution in [1.82, 2.24) is 0 Å². The average molecular weight is 392 g/mol. The Hall–Kier alpha value is -2.08. The summed E-state index contributed by atoms with van der Waals surface area (Å²) >= 11 is 0. The number of amides is 1. The SMILES string of the molecule is CCOC(=O)c1cc(NC(=O)C2(OCC)CCCCC2)ccc1O[C@H](C)CC. The zero-order valence-corrected chi connectivity index (χ0v) is 17.5. The number of rotatable bonds is 9. The number of anilines is 1. The average Bonchev–Trinajstić information content (AvgIpc) is 2.70. The second kappa shape index (κ2) is 10.5. The van der Waals surface area contributed by atoms with E-state index in [1.54, 1.807) is 25.1 Å². The molecular formula is C22H33NO5. The van der Waals surface area contributed by atoms with Crippen molar-refractivity contribution in [2.24, 2.45) is 0 Å². The van der Waals surface area contributed by atoms with Gasteiger partial charge in [0.05, 0.1) is 12.7 Å². The molecule has 0 spiro atoms. The lowest BCUT2D eigenvalue weighted by molar-refractivity contribution is -0.145. The maximum atomic E-state index is 13.0. The van der Waals surface area contributed by atoms with Crippen LogP contribution in [0.1, 0.15) is 76.6 Å². The third kappa shape index (κ3) is 5.47. The monoisotopic (exact) mass is 391 g/mol. The van der Waals surface area contributed by atoms with Crippen LogP contribution in [0.5, 0.6) is 5.75 Å². The molecule has 0 unspecified atom stereocenters. The van der Waals surface area contributed by atoms with Crippen LogP contribution in [0, 0.1) is 0 Å². The Morgan fingerprint density at radius 2 is 1.82 bits per heavy atom. The van der Waals surface area contributed by atoms with Crippen molar-refractivity contribution in [2.75, 3.05) is 18.5 Å². The molecule has 1 aromatic rings. The van der Waals surface area contributed by atoms with Crippen LogP contribution in [0.2, 0.25) is 0 Å². The Kier molecular flexibility index (Phi) is 8.30. The first-order valence-electron chi connectivity index (χ1n) is 10.4. The minimum atomic E-state index is -0.789. The van der Waals surface area contributed by atoms with Crippen molar-refractivity contribution in [3.05, 3.63) is 23.8 Å². The van der Waals surface area contributed by atoms with E-state index >= 15 is 0 Å². The van der Waals surface area contributed by atoms with Crippen molar-refractivity contribution >= 4 is 17.6 Å². The summed E-state index contributed by atoms with van der Waals surface area (Å²) in [6.45, 7) is 8.38. The van der Waals surface area contributed by atoms with Gasteiger partial charge in [0.2, 0.25) is 0 Å². The van der Waals surface area contributed by atoms with Gasteiger partial charge in [-0.1, -0.05) is 26.2 Å². The van der Waals surface area contributed by atoms with E-state index in [0.717, 1.165) is 25.7 Å². The van der Waals surface area contributed by atoms with Gasteiger partial charge in [-0.05, 0) is 58.2 Å². The first-order chi connectivity index (χ1) is 13.5. The summed E-state index contributed by atoms with van der Waals surface area (Å²) in [4.78, 5) is 25.4. The summed E-state index contributed by atoms with van der Waals surface area (Å²) in [6, 6.07) is 5.08. The Bertz CT molecular complexity index is 661. The lowest BCUT2D eigenvalue weighted by atomic mass is 9.83. The molecule has 2 rings (SSSR count). The summed E-state index contributed by atoms with van der Waals surface area (Å²) < 4.78 is 16.9. The Balaban J connectivity index is 2.25. The molecule has 0 saturated heterocycles. The summed E-state index contributed by atoms with van der Waals surface area (Å²) in [5, 5.41) is 2.94. The smallest absolute Gasteiger partial charge is 0.341 e. The van der Waals surface area contributed by atoms with E-state index < -0.39 is 11.6 Å². The van der Waals surface area contributed by atoms with Crippen molar-refractivity contribution in [2.45, 2.75) is 77.9 Å². The molecule has 0 aromatic heterocycles. The van der Waals surface area contributed by atoms with Gasteiger partial charge < -0.3 is 19.5 Å². The maximum Gasteiger partial charge on any atom is 0.341 e. The fourth-order valence-corrected chi connectivity index (χ4v) is 3.46. The fraction of sp³-hybridized carbons (Fsp3) is 0.636. The zero-order chi connectivity index (χ0) is 20.6. The van der Waals surface area contributed by atoms with E-state index in [-0.39, 0.29) is 18.6 Å². The Labute approximate surface area is 167 Å². The van der Waals surface area contributed by atoms with Crippen LogP contribution < -0.4 is 10.1 Å². The first-order valence-corrected chi connectivity index (χ1v) is 10.4. The van der Waals surface area contributed by atoms with E-state index in [1.807, 2.05) is 20.8 Å². The largest absolute Gasteiger partial charge is 0.490 e. The highest BCUT2D eigenvalue weighted by molar-refractivity contribution is 5.99. The molecule has 1 amide bonds. The lowest BCUT2D eigenvalue weighted by Crippen LogP contribution is -2.47. The fourth-order valence-electron chi connectivity index (χ4n) is 3.46. The second-order valence-corrected chi connectivity index (χ2v) is 7.21. The standard InChI is InChI=1S/C22H33NO5/c1-5-16(4)28-19-12-11-17(15-18(19)20(24)26-6-2)23-21(25)22(27-7-3)13-9-8-10-14-22/h11-12,15-16H,5-10,13-14H2,1-4H3,(H,23,25)/t16-/m1/s1. The third-order valence-electron chi connectivity index (χ3n) is 5.13. The van der Waals surface area contributed by atoms with Gasteiger partial charge in [0, 0.05) is 12.3 Å². The topological polar surface area (TPSA) is 73.9 Å². The molecule has 1 fully saturated rings. The normalized spacial score (nSPS) is 16.9. The van der Waals surface area contributed by atoms with Crippen LogP contribution in [-0.2, 0) is 14.3 Å². The van der Waals surface area contributed by atoms with Crippen LogP contribution >= 0.6 is 0 Å². The van der Waals surface area contributed by atoms with Gasteiger partial charge >= 0.3 is 5.97 Å². The number of carbonyl (C=O) groups is 2. The molecule has 28 heavy (non-hydrogen) atoms. The quantitative estimate of drug-likeness (QED) is 0.617. The Morgan fingerprint density at radius 3 is 2.43 bits per heavy atom. The summed E-state index contributed by atoms with van der Waals surface area (Å²) in [5.74, 6) is -0.156. The molecule has 0 bridgehead atoms. The predicted molar refractivity (Wildman–Crippen MR) is 109 cm³/mol. The molecular weight excluding hydrogens is 358 g/mol. The molecule has 0 aliphatic heterocycles. The number of hydrogen-bond acceptors (Lipinski definition) is 5. The molecule has 0 radical (unpaired) electrons. The maximum absolute atomic E-state index is 13.0. The van der Waals surface area contributed by atoms with Gasteiger partial charge in [-0.3, -0.25) is 4.79 Å². The molecule has 0 heterocycles. The van der Waals surface area contributed by atoms with Crippen LogP contribution in [0.15, 0.2) is 18.2 Å². The van der Waals surface area contributed by atoms with Crippen LogP contribution in [0.25, 0.3) is 0 Å². The minimum Gasteiger partial charge on any atom is -0.490 e. The minimum absolute atomic E-state index is 0.0305.